The highest BCUT2D eigenvalue weighted by Gasteiger charge is 2.33. The monoisotopic (exact) mass is 630 g/mol. The van der Waals surface area contributed by atoms with Gasteiger partial charge in [-0.15, -0.1) is 11.3 Å². The fraction of sp³-hybridized carbons (Fsp3) is 0.286. The number of rotatable bonds is 9. The molecule has 0 unspecified atom stereocenters. The van der Waals surface area contributed by atoms with Gasteiger partial charge in [0.25, 0.3) is 5.91 Å². The molecule has 1 aliphatic rings. The highest BCUT2D eigenvalue weighted by atomic mass is 35.5. The van der Waals surface area contributed by atoms with Gasteiger partial charge in [-0.2, -0.15) is 0 Å². The number of thiophene rings is 1. The summed E-state index contributed by atoms with van der Waals surface area (Å²) in [7, 11) is 1.56. The van der Waals surface area contributed by atoms with Crippen LogP contribution in [0.15, 0.2) is 71.7 Å². The molecule has 0 aliphatic heterocycles. The van der Waals surface area contributed by atoms with Crippen molar-refractivity contribution in [2.75, 3.05) is 12.4 Å². The summed E-state index contributed by atoms with van der Waals surface area (Å²) < 4.78 is 11.5. The van der Waals surface area contributed by atoms with Gasteiger partial charge in [0.2, 0.25) is 0 Å². The van der Waals surface area contributed by atoms with Crippen LogP contribution in [0.5, 0.6) is 11.5 Å². The Balaban J connectivity index is 1.40. The highest BCUT2D eigenvalue weighted by molar-refractivity contribution is 7.16. The number of fused-ring (bicyclic) bond motifs is 1. The van der Waals surface area contributed by atoms with E-state index in [1.807, 2.05) is 18.2 Å². The highest BCUT2D eigenvalue weighted by Crippen LogP contribution is 2.45. The van der Waals surface area contributed by atoms with Crippen LogP contribution in [-0.2, 0) is 19.4 Å². The quantitative estimate of drug-likeness (QED) is 0.180. The molecule has 5 rings (SSSR count). The lowest BCUT2D eigenvalue weighted by Crippen LogP contribution is -2.27. The van der Waals surface area contributed by atoms with Gasteiger partial charge in [-0.25, -0.2) is 9.79 Å². The minimum absolute atomic E-state index is 0.177. The van der Waals surface area contributed by atoms with Gasteiger partial charge in [0.15, 0.2) is 11.5 Å². The lowest BCUT2D eigenvalue weighted by molar-refractivity contribution is 0.0696. The number of ether oxygens (including phenoxy) is 2. The van der Waals surface area contributed by atoms with Crippen LogP contribution in [0.25, 0.3) is 0 Å². The predicted octanol–water partition coefficient (Wildman–Crippen LogP) is 8.84. The van der Waals surface area contributed by atoms with Gasteiger partial charge in [-0.1, -0.05) is 44.5 Å². The van der Waals surface area contributed by atoms with Gasteiger partial charge in [-0.3, -0.25) is 4.79 Å². The summed E-state index contributed by atoms with van der Waals surface area (Å²) in [5.74, 6) is 0.399. The minimum Gasteiger partial charge on any atom is -0.493 e. The van der Waals surface area contributed by atoms with Gasteiger partial charge in [0.1, 0.15) is 11.6 Å². The number of halogens is 1. The number of methoxy groups -OCH3 is 1. The first-order chi connectivity index (χ1) is 21.0. The molecular formula is C35H35ClN2O5S. The van der Waals surface area contributed by atoms with Crippen molar-refractivity contribution < 1.29 is 24.2 Å². The molecule has 228 valence electrons. The molecule has 44 heavy (non-hydrogen) atoms. The SMILES string of the molecule is COc1cc(C=Nc2sc3c(c2C(=O)Nc2ccc(Cl)cc2)CC[C@@H](C(C)(C)C)C3)ccc1OCc1cccc(C(=O)O)c1. The van der Waals surface area contributed by atoms with Gasteiger partial charge >= 0.3 is 5.97 Å². The molecule has 0 saturated heterocycles. The van der Waals surface area contributed by atoms with E-state index >= 15 is 0 Å². The molecule has 0 spiro atoms. The fourth-order valence-electron chi connectivity index (χ4n) is 5.33. The van der Waals surface area contributed by atoms with Crippen molar-refractivity contribution in [2.45, 2.75) is 46.6 Å². The maximum absolute atomic E-state index is 13.7. The summed E-state index contributed by atoms with van der Waals surface area (Å²) >= 11 is 7.63. The number of hydrogen-bond donors (Lipinski definition) is 2. The molecule has 9 heteroatoms. The van der Waals surface area contributed by atoms with Crippen LogP contribution < -0.4 is 14.8 Å². The Morgan fingerprint density at radius 3 is 2.57 bits per heavy atom. The summed E-state index contributed by atoms with van der Waals surface area (Å²) in [4.78, 5) is 31.0. The maximum Gasteiger partial charge on any atom is 0.335 e. The van der Waals surface area contributed by atoms with Crippen molar-refractivity contribution in [3.05, 3.63) is 104 Å². The molecule has 0 saturated carbocycles. The van der Waals surface area contributed by atoms with Crippen molar-refractivity contribution in [1.82, 2.24) is 0 Å². The lowest BCUT2D eigenvalue weighted by atomic mass is 9.72. The number of aliphatic imine (C=N–C) groups is 1. The molecular weight excluding hydrogens is 596 g/mol. The number of nitrogens with one attached hydrogen (secondary N) is 1. The Labute approximate surface area is 266 Å². The topological polar surface area (TPSA) is 97.2 Å². The van der Waals surface area contributed by atoms with Crippen LogP contribution in [0, 0.1) is 11.3 Å². The van der Waals surface area contributed by atoms with Crippen molar-refractivity contribution in [3.8, 4) is 11.5 Å². The number of amides is 1. The van der Waals surface area contributed by atoms with Gasteiger partial charge in [-0.05, 0) is 102 Å². The Morgan fingerprint density at radius 1 is 1.09 bits per heavy atom. The van der Waals surface area contributed by atoms with Gasteiger partial charge in [0.05, 0.1) is 18.2 Å². The minimum atomic E-state index is -0.987. The van der Waals surface area contributed by atoms with Crippen molar-refractivity contribution in [3.63, 3.8) is 0 Å². The molecule has 0 bridgehead atoms. The van der Waals surface area contributed by atoms with E-state index in [2.05, 4.69) is 26.1 Å². The Hall–Kier alpha value is -4.14. The van der Waals surface area contributed by atoms with Crippen LogP contribution >= 0.6 is 22.9 Å². The zero-order valence-corrected chi connectivity index (χ0v) is 26.7. The summed E-state index contributed by atoms with van der Waals surface area (Å²) in [6.07, 6.45) is 4.52. The standard InChI is InChI=1S/C35H35ClN2O5S/c1-35(2,3)24-9-14-27-30(18-24)44-33(31(27)32(39)38-26-12-10-25(36)11-13-26)37-19-21-8-15-28(29(17-21)42-4)43-20-22-6-5-7-23(16-22)34(40)41/h5-8,10-13,15-17,19,24H,9,14,18,20H2,1-4H3,(H,38,39)(H,40,41)/t24-/m1/s1. The molecule has 3 aromatic carbocycles. The van der Waals surface area contributed by atoms with Crippen molar-refractivity contribution >= 4 is 51.7 Å². The van der Waals surface area contributed by atoms with Crippen LogP contribution in [0.2, 0.25) is 5.02 Å². The molecule has 1 atom stereocenters. The molecule has 4 aromatic rings. The zero-order valence-electron chi connectivity index (χ0n) is 25.1. The fourth-order valence-corrected chi connectivity index (χ4v) is 6.73. The largest absolute Gasteiger partial charge is 0.493 e. The number of benzene rings is 3. The van der Waals surface area contributed by atoms with Crippen LogP contribution in [0.3, 0.4) is 0 Å². The molecule has 0 fully saturated rings. The number of nitrogens with zero attached hydrogens (tertiary/aromatic N) is 1. The number of aromatic carboxylic acids is 1. The molecule has 1 heterocycles. The van der Waals surface area contributed by atoms with E-state index in [0.717, 1.165) is 36.0 Å². The first-order valence-corrected chi connectivity index (χ1v) is 15.6. The van der Waals surface area contributed by atoms with Crippen LogP contribution in [0.1, 0.15) is 69.5 Å². The number of anilines is 1. The summed E-state index contributed by atoms with van der Waals surface area (Å²) in [6, 6.07) is 19.2. The zero-order chi connectivity index (χ0) is 31.4. The third-order valence-electron chi connectivity index (χ3n) is 7.89. The van der Waals surface area contributed by atoms with E-state index in [4.69, 9.17) is 26.1 Å². The first kappa shape index (κ1) is 31.3. The summed E-state index contributed by atoms with van der Waals surface area (Å²) in [5, 5.41) is 13.6. The molecule has 1 amide bonds. The summed E-state index contributed by atoms with van der Waals surface area (Å²) in [5.41, 5.74) is 4.28. The number of carboxylic acid groups (broad SMARTS) is 1. The van der Waals surface area contributed by atoms with Crippen LogP contribution in [0.4, 0.5) is 10.7 Å². The van der Waals surface area contributed by atoms with Crippen LogP contribution in [-0.4, -0.2) is 30.3 Å². The van der Waals surface area contributed by atoms with E-state index in [1.165, 1.54) is 4.88 Å². The number of carboxylic acids is 1. The average molecular weight is 631 g/mol. The third-order valence-corrected chi connectivity index (χ3v) is 9.30. The smallest absolute Gasteiger partial charge is 0.335 e. The molecule has 2 N–H and O–H groups in total. The number of carbonyl (C=O) groups excluding carboxylic acids is 1. The third kappa shape index (κ3) is 7.31. The second kappa shape index (κ2) is 13.2. The van der Waals surface area contributed by atoms with E-state index in [-0.39, 0.29) is 23.5 Å². The maximum atomic E-state index is 13.7. The predicted molar refractivity (Wildman–Crippen MR) is 177 cm³/mol. The molecule has 0 radical (unpaired) electrons. The molecule has 1 aliphatic carbocycles. The van der Waals surface area contributed by atoms with Gasteiger partial charge < -0.3 is 19.9 Å². The first-order valence-electron chi connectivity index (χ1n) is 14.4. The van der Waals surface area contributed by atoms with E-state index in [9.17, 15) is 14.7 Å². The second-order valence-corrected chi connectivity index (χ2v) is 13.4. The average Bonchev–Trinajstić information content (AvgIpc) is 3.38. The second-order valence-electron chi connectivity index (χ2n) is 11.9. The number of carbonyl (C=O) groups is 2. The Kier molecular flexibility index (Phi) is 9.42. The van der Waals surface area contributed by atoms with E-state index < -0.39 is 5.97 Å². The van der Waals surface area contributed by atoms with E-state index in [0.29, 0.717) is 38.7 Å². The molecule has 1 aromatic heterocycles. The lowest BCUT2D eigenvalue weighted by Gasteiger charge is -2.33. The van der Waals surface area contributed by atoms with Crippen molar-refractivity contribution in [2.24, 2.45) is 16.3 Å². The van der Waals surface area contributed by atoms with Gasteiger partial charge in [0, 0.05) is 21.8 Å². The molecule has 7 nitrogen and oxygen atoms in total. The Morgan fingerprint density at radius 2 is 1.86 bits per heavy atom. The summed E-state index contributed by atoms with van der Waals surface area (Å²) in [6.45, 7) is 7.01. The van der Waals surface area contributed by atoms with Crippen molar-refractivity contribution in [1.29, 1.82) is 0 Å². The normalized spacial score (nSPS) is 14.7. The van der Waals surface area contributed by atoms with E-state index in [1.54, 1.807) is 73.2 Å². The Bertz CT molecular complexity index is 1710. The number of hydrogen-bond acceptors (Lipinski definition) is 6.